The lowest BCUT2D eigenvalue weighted by Gasteiger charge is -2.37. The molecule has 2 saturated heterocycles. The smallest absolute Gasteiger partial charge is 0.282 e. The molecule has 2 heterocycles. The van der Waals surface area contributed by atoms with Gasteiger partial charge in [0.15, 0.2) is 0 Å². The highest BCUT2D eigenvalue weighted by molar-refractivity contribution is 7.86. The Morgan fingerprint density at radius 3 is 2.14 bits per heavy atom. The van der Waals surface area contributed by atoms with Crippen LogP contribution in [0.15, 0.2) is 0 Å². The molecule has 2 rings (SSSR count). The van der Waals surface area contributed by atoms with Crippen molar-refractivity contribution in [1.29, 1.82) is 0 Å². The SMILES string of the molecule is CC(=O)N1CCCN(S(=O)(=O)N2CC(C)CC(C)C2)CC1. The van der Waals surface area contributed by atoms with Crippen LogP contribution >= 0.6 is 0 Å². The van der Waals surface area contributed by atoms with Gasteiger partial charge in [-0.15, -0.1) is 0 Å². The van der Waals surface area contributed by atoms with E-state index in [-0.39, 0.29) is 5.91 Å². The van der Waals surface area contributed by atoms with Crippen molar-refractivity contribution in [2.75, 3.05) is 39.3 Å². The molecule has 2 fully saturated rings. The molecule has 6 nitrogen and oxygen atoms in total. The molecule has 0 radical (unpaired) electrons. The predicted octanol–water partition coefficient (Wildman–Crippen LogP) is 0.763. The molecule has 0 aromatic carbocycles. The summed E-state index contributed by atoms with van der Waals surface area (Å²) < 4.78 is 28.8. The maximum Gasteiger partial charge on any atom is 0.282 e. The van der Waals surface area contributed by atoms with Crippen molar-refractivity contribution in [3.63, 3.8) is 0 Å². The lowest BCUT2D eigenvalue weighted by atomic mass is 9.94. The Kier molecular flexibility index (Phi) is 5.27. The largest absolute Gasteiger partial charge is 0.342 e. The van der Waals surface area contributed by atoms with Crippen LogP contribution in [0.25, 0.3) is 0 Å². The summed E-state index contributed by atoms with van der Waals surface area (Å²) in [5, 5.41) is 0. The minimum absolute atomic E-state index is 0.0227. The van der Waals surface area contributed by atoms with E-state index in [9.17, 15) is 13.2 Å². The molecule has 2 unspecified atom stereocenters. The molecule has 0 aromatic heterocycles. The molecule has 122 valence electrons. The standard InChI is InChI=1S/C14H27N3O3S/c1-12-9-13(2)11-17(10-12)21(19,20)16-6-4-5-15(7-8-16)14(3)18/h12-13H,4-11H2,1-3H3. The van der Waals surface area contributed by atoms with Gasteiger partial charge < -0.3 is 4.90 Å². The minimum atomic E-state index is -3.39. The third-order valence-electron chi connectivity index (χ3n) is 4.39. The van der Waals surface area contributed by atoms with Gasteiger partial charge in [-0.05, 0) is 24.7 Å². The highest BCUT2D eigenvalue weighted by Crippen LogP contribution is 2.25. The quantitative estimate of drug-likeness (QED) is 0.755. The molecule has 0 aliphatic carbocycles. The number of carbonyl (C=O) groups excluding carboxylic acids is 1. The van der Waals surface area contributed by atoms with Gasteiger partial charge in [0.25, 0.3) is 10.2 Å². The van der Waals surface area contributed by atoms with Gasteiger partial charge in [-0.3, -0.25) is 4.79 Å². The molecule has 2 atom stereocenters. The van der Waals surface area contributed by atoms with Crippen LogP contribution in [0.1, 0.15) is 33.6 Å². The monoisotopic (exact) mass is 317 g/mol. The Bertz CT molecular complexity index is 470. The van der Waals surface area contributed by atoms with Crippen molar-refractivity contribution in [3.05, 3.63) is 0 Å². The van der Waals surface area contributed by atoms with E-state index in [2.05, 4.69) is 13.8 Å². The molecule has 1 amide bonds. The fourth-order valence-electron chi connectivity index (χ4n) is 3.40. The highest BCUT2D eigenvalue weighted by atomic mass is 32.2. The molecule has 21 heavy (non-hydrogen) atoms. The summed E-state index contributed by atoms with van der Waals surface area (Å²) in [4.78, 5) is 13.2. The molecule has 2 aliphatic rings. The third-order valence-corrected chi connectivity index (χ3v) is 6.36. The van der Waals surface area contributed by atoms with Crippen molar-refractivity contribution >= 4 is 16.1 Å². The van der Waals surface area contributed by atoms with Gasteiger partial charge in [-0.1, -0.05) is 13.8 Å². The predicted molar refractivity (Wildman–Crippen MR) is 81.9 cm³/mol. The first-order valence-electron chi connectivity index (χ1n) is 7.81. The number of carbonyl (C=O) groups is 1. The second kappa shape index (κ2) is 6.62. The number of piperidine rings is 1. The maximum atomic E-state index is 12.8. The van der Waals surface area contributed by atoms with E-state index in [1.54, 1.807) is 13.5 Å². The minimum Gasteiger partial charge on any atom is -0.342 e. The van der Waals surface area contributed by atoms with Crippen LogP contribution in [-0.4, -0.2) is 67.1 Å². The maximum absolute atomic E-state index is 12.8. The summed E-state index contributed by atoms with van der Waals surface area (Å²) in [5.41, 5.74) is 0. The Hall–Kier alpha value is -0.660. The van der Waals surface area contributed by atoms with Gasteiger partial charge in [0.2, 0.25) is 5.91 Å². The number of hydrogen-bond acceptors (Lipinski definition) is 3. The van der Waals surface area contributed by atoms with E-state index in [1.165, 1.54) is 6.92 Å². The normalized spacial score (nSPS) is 30.1. The lowest BCUT2D eigenvalue weighted by molar-refractivity contribution is -0.128. The first-order chi connectivity index (χ1) is 9.80. The van der Waals surface area contributed by atoms with Crippen molar-refractivity contribution < 1.29 is 13.2 Å². The molecular weight excluding hydrogens is 290 g/mol. The summed E-state index contributed by atoms with van der Waals surface area (Å²) in [7, 11) is -3.39. The van der Waals surface area contributed by atoms with E-state index in [1.807, 2.05) is 0 Å². The summed E-state index contributed by atoms with van der Waals surface area (Å²) in [6, 6.07) is 0. The van der Waals surface area contributed by atoms with Crippen LogP contribution in [0, 0.1) is 11.8 Å². The zero-order valence-corrected chi connectivity index (χ0v) is 14.1. The summed E-state index contributed by atoms with van der Waals surface area (Å²) in [5.74, 6) is 0.836. The number of amides is 1. The number of rotatable bonds is 2. The zero-order chi connectivity index (χ0) is 15.6. The zero-order valence-electron chi connectivity index (χ0n) is 13.3. The van der Waals surface area contributed by atoms with E-state index in [0.29, 0.717) is 57.5 Å². The molecular formula is C14H27N3O3S. The Balaban J connectivity index is 2.07. The van der Waals surface area contributed by atoms with Crippen molar-refractivity contribution in [1.82, 2.24) is 13.5 Å². The molecule has 7 heteroatoms. The first-order valence-corrected chi connectivity index (χ1v) is 9.21. The van der Waals surface area contributed by atoms with Gasteiger partial charge in [0, 0.05) is 46.2 Å². The molecule has 0 aromatic rings. The lowest BCUT2D eigenvalue weighted by Crippen LogP contribution is -2.50. The Morgan fingerprint density at radius 1 is 0.952 bits per heavy atom. The van der Waals surface area contributed by atoms with Gasteiger partial charge in [-0.2, -0.15) is 17.0 Å². The fourth-order valence-corrected chi connectivity index (χ4v) is 5.28. The summed E-state index contributed by atoms with van der Waals surface area (Å²) >= 11 is 0. The average molecular weight is 317 g/mol. The Labute approximate surface area is 128 Å². The topological polar surface area (TPSA) is 60.9 Å². The van der Waals surface area contributed by atoms with E-state index in [4.69, 9.17) is 0 Å². The van der Waals surface area contributed by atoms with Crippen LogP contribution in [0.2, 0.25) is 0 Å². The average Bonchev–Trinajstić information content (AvgIpc) is 2.63. The second-order valence-electron chi connectivity index (χ2n) is 6.53. The van der Waals surface area contributed by atoms with Crippen molar-refractivity contribution in [3.8, 4) is 0 Å². The molecule has 0 bridgehead atoms. The molecule has 2 aliphatic heterocycles. The first kappa shape index (κ1) is 16.7. The van der Waals surface area contributed by atoms with Gasteiger partial charge in [0.1, 0.15) is 0 Å². The van der Waals surface area contributed by atoms with E-state index < -0.39 is 10.2 Å². The fraction of sp³-hybridized carbons (Fsp3) is 0.929. The van der Waals surface area contributed by atoms with Crippen LogP contribution in [0.4, 0.5) is 0 Å². The van der Waals surface area contributed by atoms with Gasteiger partial charge >= 0.3 is 0 Å². The third kappa shape index (κ3) is 3.96. The highest BCUT2D eigenvalue weighted by Gasteiger charge is 2.35. The summed E-state index contributed by atoms with van der Waals surface area (Å²) in [6.45, 7) is 9.03. The number of nitrogens with zero attached hydrogens (tertiary/aromatic N) is 3. The van der Waals surface area contributed by atoms with Gasteiger partial charge in [-0.25, -0.2) is 0 Å². The van der Waals surface area contributed by atoms with Crippen molar-refractivity contribution in [2.24, 2.45) is 11.8 Å². The Morgan fingerprint density at radius 2 is 1.57 bits per heavy atom. The molecule has 0 spiro atoms. The van der Waals surface area contributed by atoms with Crippen LogP contribution < -0.4 is 0 Å². The van der Waals surface area contributed by atoms with Crippen LogP contribution in [0.5, 0.6) is 0 Å². The second-order valence-corrected chi connectivity index (χ2v) is 8.46. The van der Waals surface area contributed by atoms with Crippen LogP contribution in [0.3, 0.4) is 0 Å². The van der Waals surface area contributed by atoms with E-state index >= 15 is 0 Å². The molecule has 0 N–H and O–H groups in total. The van der Waals surface area contributed by atoms with E-state index in [0.717, 1.165) is 6.42 Å². The van der Waals surface area contributed by atoms with Crippen molar-refractivity contribution in [2.45, 2.75) is 33.6 Å². The van der Waals surface area contributed by atoms with Gasteiger partial charge in [0.05, 0.1) is 0 Å². The van der Waals surface area contributed by atoms with Crippen LogP contribution in [-0.2, 0) is 15.0 Å². The summed E-state index contributed by atoms with van der Waals surface area (Å²) in [6.07, 6.45) is 1.79. The molecule has 0 saturated carbocycles. The number of hydrogen-bond donors (Lipinski definition) is 0.